The Morgan fingerprint density at radius 1 is 1.43 bits per heavy atom. The van der Waals surface area contributed by atoms with Gasteiger partial charge in [-0.2, -0.15) is 0 Å². The van der Waals surface area contributed by atoms with Gasteiger partial charge in [0.15, 0.2) is 5.96 Å². The maximum atomic E-state index is 11.5. The van der Waals surface area contributed by atoms with Gasteiger partial charge in [0.05, 0.1) is 0 Å². The summed E-state index contributed by atoms with van der Waals surface area (Å²) in [5.74, 6) is 1.02. The van der Waals surface area contributed by atoms with Crippen LogP contribution in [-0.4, -0.2) is 61.7 Å². The minimum atomic E-state index is 0. The van der Waals surface area contributed by atoms with Crippen LogP contribution in [0.15, 0.2) is 4.99 Å². The summed E-state index contributed by atoms with van der Waals surface area (Å²) in [6.07, 6.45) is 7.17. The van der Waals surface area contributed by atoms with E-state index < -0.39 is 0 Å². The first kappa shape index (κ1) is 20.5. The third kappa shape index (κ3) is 5.77. The molecule has 1 heterocycles. The van der Waals surface area contributed by atoms with E-state index in [-0.39, 0.29) is 47.9 Å². The Labute approximate surface area is 156 Å². The molecular weight excluding hydrogens is 407 g/mol. The molecule has 23 heavy (non-hydrogen) atoms. The first-order chi connectivity index (χ1) is 10.6. The largest absolute Gasteiger partial charge is 0.396 e. The van der Waals surface area contributed by atoms with Crippen molar-refractivity contribution >= 4 is 35.8 Å². The van der Waals surface area contributed by atoms with E-state index in [1.54, 1.807) is 11.9 Å². The third-order valence-electron chi connectivity index (χ3n) is 5.13. The number of hydrogen-bond acceptors (Lipinski definition) is 3. The lowest BCUT2D eigenvalue weighted by Gasteiger charge is -2.33. The molecule has 0 aromatic rings. The molecule has 0 aromatic carbocycles. The van der Waals surface area contributed by atoms with Crippen LogP contribution in [0.25, 0.3) is 0 Å². The lowest BCUT2D eigenvalue weighted by molar-refractivity contribution is -0.132. The Kier molecular flexibility index (Phi) is 8.60. The number of aliphatic imine (C=N–C) groups is 1. The predicted molar refractivity (Wildman–Crippen MR) is 103 cm³/mol. The number of likely N-dealkylation sites (N-methyl/N-ethyl adjacent to an activating group) is 1. The lowest BCUT2D eigenvalue weighted by atomic mass is 9.83. The number of carbonyl (C=O) groups excluding carboxylic acids is 1. The van der Waals surface area contributed by atoms with Crippen LogP contribution in [0.1, 0.15) is 44.9 Å². The van der Waals surface area contributed by atoms with Crippen LogP contribution in [-0.2, 0) is 4.79 Å². The molecule has 0 radical (unpaired) electrons. The van der Waals surface area contributed by atoms with Gasteiger partial charge in [0, 0.05) is 46.3 Å². The number of piperidine rings is 1. The van der Waals surface area contributed by atoms with Crippen LogP contribution in [0.5, 0.6) is 0 Å². The van der Waals surface area contributed by atoms with Gasteiger partial charge in [-0.15, -0.1) is 24.0 Å². The second kappa shape index (κ2) is 9.66. The highest BCUT2D eigenvalue weighted by Crippen LogP contribution is 2.40. The number of halogens is 1. The molecule has 1 saturated heterocycles. The van der Waals surface area contributed by atoms with Crippen molar-refractivity contribution in [2.45, 2.75) is 51.0 Å². The summed E-state index contributed by atoms with van der Waals surface area (Å²) in [6.45, 7) is 1.83. The number of aliphatic hydroxyl groups is 1. The Bertz CT molecular complexity index is 411. The molecule has 0 bridgehead atoms. The topological polar surface area (TPSA) is 77.0 Å². The van der Waals surface area contributed by atoms with Crippen molar-refractivity contribution < 1.29 is 9.90 Å². The third-order valence-corrected chi connectivity index (χ3v) is 5.13. The van der Waals surface area contributed by atoms with Crippen molar-refractivity contribution in [1.82, 2.24) is 15.5 Å². The van der Waals surface area contributed by atoms with Crippen molar-refractivity contribution in [3.8, 4) is 0 Å². The van der Waals surface area contributed by atoms with Gasteiger partial charge < -0.3 is 20.6 Å². The highest BCUT2D eigenvalue weighted by atomic mass is 127. The monoisotopic (exact) mass is 438 g/mol. The van der Waals surface area contributed by atoms with Gasteiger partial charge in [-0.3, -0.25) is 9.79 Å². The summed E-state index contributed by atoms with van der Waals surface area (Å²) >= 11 is 0. The fourth-order valence-corrected chi connectivity index (χ4v) is 3.67. The van der Waals surface area contributed by atoms with E-state index in [9.17, 15) is 9.90 Å². The quantitative estimate of drug-likeness (QED) is 0.344. The summed E-state index contributed by atoms with van der Waals surface area (Å²) in [7, 11) is 3.63. The van der Waals surface area contributed by atoms with Gasteiger partial charge in [-0.1, -0.05) is 12.8 Å². The summed E-state index contributed by atoms with van der Waals surface area (Å²) in [6, 6.07) is 0.256. The Morgan fingerprint density at radius 3 is 2.70 bits per heavy atom. The molecule has 134 valence electrons. The maximum absolute atomic E-state index is 11.5. The summed E-state index contributed by atoms with van der Waals surface area (Å²) in [4.78, 5) is 17.6. The van der Waals surface area contributed by atoms with Gasteiger partial charge in [-0.05, 0) is 31.1 Å². The second-order valence-electron chi connectivity index (χ2n) is 6.76. The van der Waals surface area contributed by atoms with Crippen molar-refractivity contribution in [2.75, 3.05) is 33.8 Å². The zero-order valence-corrected chi connectivity index (χ0v) is 16.6. The number of rotatable bonds is 5. The number of nitrogens with zero attached hydrogens (tertiary/aromatic N) is 2. The summed E-state index contributed by atoms with van der Waals surface area (Å²) in [5, 5.41) is 16.2. The fraction of sp³-hybridized carbons (Fsp3) is 0.875. The maximum Gasteiger partial charge on any atom is 0.222 e. The molecule has 2 rings (SSSR count). The zero-order valence-electron chi connectivity index (χ0n) is 14.3. The number of aliphatic hydroxyl groups excluding tert-OH is 1. The Morgan fingerprint density at radius 2 is 2.13 bits per heavy atom. The number of hydrogen-bond donors (Lipinski definition) is 3. The Hall–Kier alpha value is -0.570. The van der Waals surface area contributed by atoms with Crippen LogP contribution in [0.2, 0.25) is 0 Å². The summed E-state index contributed by atoms with van der Waals surface area (Å²) < 4.78 is 0. The van der Waals surface area contributed by atoms with E-state index in [1.807, 2.05) is 7.05 Å². The fourth-order valence-electron chi connectivity index (χ4n) is 3.67. The van der Waals surface area contributed by atoms with Gasteiger partial charge in [0.25, 0.3) is 0 Å². The van der Waals surface area contributed by atoms with Crippen LogP contribution in [0, 0.1) is 5.41 Å². The first-order valence-electron chi connectivity index (χ1n) is 8.40. The molecule has 7 heteroatoms. The zero-order chi connectivity index (χ0) is 16.0. The molecular formula is C16H31IN4O2. The van der Waals surface area contributed by atoms with E-state index in [4.69, 9.17) is 0 Å². The normalized spacial score (nSPS) is 24.3. The minimum absolute atomic E-state index is 0. The molecule has 1 atom stereocenters. The lowest BCUT2D eigenvalue weighted by Crippen LogP contribution is -2.53. The number of guanidine groups is 1. The van der Waals surface area contributed by atoms with E-state index >= 15 is 0 Å². The van der Waals surface area contributed by atoms with Crippen LogP contribution in [0.4, 0.5) is 0 Å². The average molecular weight is 438 g/mol. The molecule has 0 spiro atoms. The molecule has 1 aliphatic heterocycles. The minimum Gasteiger partial charge on any atom is -0.396 e. The molecule has 3 N–H and O–H groups in total. The highest BCUT2D eigenvalue weighted by Gasteiger charge is 2.33. The van der Waals surface area contributed by atoms with Crippen molar-refractivity contribution in [1.29, 1.82) is 0 Å². The van der Waals surface area contributed by atoms with Crippen LogP contribution >= 0.6 is 24.0 Å². The van der Waals surface area contributed by atoms with E-state index in [1.165, 1.54) is 25.7 Å². The van der Waals surface area contributed by atoms with Crippen LogP contribution in [0.3, 0.4) is 0 Å². The van der Waals surface area contributed by atoms with Gasteiger partial charge in [0.2, 0.25) is 5.91 Å². The predicted octanol–water partition coefficient (Wildman–Crippen LogP) is 1.33. The van der Waals surface area contributed by atoms with Crippen molar-refractivity contribution in [3.05, 3.63) is 0 Å². The van der Waals surface area contributed by atoms with E-state index in [0.717, 1.165) is 31.9 Å². The van der Waals surface area contributed by atoms with Crippen molar-refractivity contribution in [2.24, 2.45) is 10.4 Å². The molecule has 1 saturated carbocycles. The van der Waals surface area contributed by atoms with Gasteiger partial charge in [-0.25, -0.2) is 0 Å². The molecule has 1 amide bonds. The average Bonchev–Trinajstić information content (AvgIpc) is 2.96. The van der Waals surface area contributed by atoms with Crippen molar-refractivity contribution in [3.63, 3.8) is 0 Å². The smallest absolute Gasteiger partial charge is 0.222 e. The van der Waals surface area contributed by atoms with Gasteiger partial charge in [0.1, 0.15) is 0 Å². The molecule has 0 aromatic heterocycles. The number of carbonyl (C=O) groups is 1. The molecule has 6 nitrogen and oxygen atoms in total. The molecule has 2 fully saturated rings. The SMILES string of the molecule is CN=C(NCC1(CCO)CCCC1)NC1CCC(=O)N(C)C1.I. The number of amides is 1. The number of nitrogens with one attached hydrogen (secondary N) is 2. The van der Waals surface area contributed by atoms with E-state index in [0.29, 0.717) is 6.42 Å². The molecule has 1 aliphatic carbocycles. The summed E-state index contributed by atoms with van der Waals surface area (Å²) in [5.41, 5.74) is 0.214. The number of likely N-dealkylation sites (tertiary alicyclic amines) is 1. The first-order valence-corrected chi connectivity index (χ1v) is 8.40. The van der Waals surface area contributed by atoms with Crippen LogP contribution < -0.4 is 10.6 Å². The standard InChI is InChI=1S/C16H30N4O2.HI/c1-17-15(19-13-5-6-14(22)20(2)11-13)18-12-16(9-10-21)7-3-4-8-16;/h13,21H,3-12H2,1-2H3,(H2,17,18,19);1H. The Balaban J connectivity index is 0.00000264. The molecule has 1 unspecified atom stereocenters. The van der Waals surface area contributed by atoms with E-state index in [2.05, 4.69) is 15.6 Å². The van der Waals surface area contributed by atoms with Gasteiger partial charge >= 0.3 is 0 Å². The highest BCUT2D eigenvalue weighted by molar-refractivity contribution is 14.0. The second-order valence-corrected chi connectivity index (χ2v) is 6.76. The molecule has 2 aliphatic rings.